The van der Waals surface area contributed by atoms with Crippen molar-refractivity contribution in [3.63, 3.8) is 0 Å². The predicted molar refractivity (Wildman–Crippen MR) is 124 cm³/mol. The average Bonchev–Trinajstić information content (AvgIpc) is 3.42. The number of imide groups is 1. The summed E-state index contributed by atoms with van der Waals surface area (Å²) in [5.74, 6) is -2.21. The topological polar surface area (TPSA) is 80.8 Å². The lowest BCUT2D eigenvalue weighted by atomic mass is 9.81. The van der Waals surface area contributed by atoms with Crippen LogP contribution < -0.4 is 4.90 Å². The van der Waals surface area contributed by atoms with Crippen molar-refractivity contribution in [1.29, 1.82) is 0 Å². The molecule has 6 atom stereocenters. The van der Waals surface area contributed by atoms with E-state index in [0.717, 1.165) is 11.3 Å². The smallest absolute Gasteiger partial charge is 0.340 e. The fourth-order valence-electron chi connectivity index (χ4n) is 5.34. The van der Waals surface area contributed by atoms with E-state index < -0.39 is 12.6 Å². The van der Waals surface area contributed by atoms with Crippen LogP contribution in [0.1, 0.15) is 27.1 Å². The highest BCUT2D eigenvalue weighted by Gasteiger charge is 2.66. The molecule has 3 aliphatic rings. The average molecular weight is 561 g/mol. The molecule has 0 aromatic heterocycles. The molecule has 5 rings (SSSR count). The summed E-state index contributed by atoms with van der Waals surface area (Å²) in [5.41, 5.74) is 0.745. The number of carbonyl (C=O) groups excluding carboxylic acids is 4. The minimum atomic E-state index is -0.748. The monoisotopic (exact) mass is 559 g/mol. The molecule has 6 nitrogen and oxygen atoms in total. The van der Waals surface area contributed by atoms with Crippen LogP contribution in [0, 0.1) is 23.7 Å². The lowest BCUT2D eigenvalue weighted by molar-refractivity contribution is -0.123. The first-order valence-corrected chi connectivity index (χ1v) is 12.2. The number of ether oxygens (including phenoxy) is 1. The SMILES string of the molecule is O=C(COC(=O)c1ccccc1N1C(=O)[C@H]2[C@@H]3C[C@H]([C@@H](Br)[C@H]3Br)[C@@H]2C1=O)c1ccccc1. The fourth-order valence-corrected chi connectivity index (χ4v) is 7.22. The Morgan fingerprint density at radius 3 is 2.06 bits per heavy atom. The van der Waals surface area contributed by atoms with E-state index in [4.69, 9.17) is 4.74 Å². The number of rotatable bonds is 5. The van der Waals surface area contributed by atoms with Crippen molar-refractivity contribution in [3.8, 4) is 0 Å². The number of anilines is 1. The Morgan fingerprint density at radius 1 is 0.875 bits per heavy atom. The van der Waals surface area contributed by atoms with Gasteiger partial charge in [0.05, 0.1) is 23.1 Å². The van der Waals surface area contributed by atoms with E-state index in [-0.39, 0.29) is 62.2 Å². The molecule has 2 saturated carbocycles. The highest BCUT2D eigenvalue weighted by atomic mass is 79.9. The second-order valence-corrected chi connectivity index (χ2v) is 10.5. The van der Waals surface area contributed by atoms with Crippen LogP contribution in [-0.4, -0.2) is 39.8 Å². The van der Waals surface area contributed by atoms with E-state index in [1.807, 2.05) is 0 Å². The molecular formula is C24H19Br2NO5. The second kappa shape index (κ2) is 8.23. The molecular weight excluding hydrogens is 542 g/mol. The molecule has 2 amide bonds. The van der Waals surface area contributed by atoms with Crippen LogP contribution in [0.25, 0.3) is 0 Å². The van der Waals surface area contributed by atoms with Crippen molar-refractivity contribution in [1.82, 2.24) is 0 Å². The van der Waals surface area contributed by atoms with Gasteiger partial charge in [-0.1, -0.05) is 74.3 Å². The first kappa shape index (κ1) is 21.5. The Hall–Kier alpha value is -2.32. The Kier molecular flexibility index (Phi) is 5.53. The van der Waals surface area contributed by atoms with Crippen molar-refractivity contribution in [3.05, 3.63) is 65.7 Å². The molecule has 0 radical (unpaired) electrons. The molecule has 0 N–H and O–H groups in total. The molecule has 3 fully saturated rings. The summed E-state index contributed by atoms with van der Waals surface area (Å²) in [7, 11) is 0. The van der Waals surface area contributed by atoms with Gasteiger partial charge in [0.15, 0.2) is 12.4 Å². The van der Waals surface area contributed by atoms with Gasteiger partial charge in [0.2, 0.25) is 11.8 Å². The van der Waals surface area contributed by atoms with Gasteiger partial charge in [-0.15, -0.1) is 0 Å². The van der Waals surface area contributed by atoms with Crippen LogP contribution in [0.15, 0.2) is 54.6 Å². The number of ketones is 1. The Balaban J connectivity index is 1.38. The molecule has 1 aliphatic heterocycles. The van der Waals surface area contributed by atoms with Gasteiger partial charge in [0, 0.05) is 15.2 Å². The maximum absolute atomic E-state index is 13.3. The lowest BCUT2D eigenvalue weighted by Gasteiger charge is -2.28. The quantitative estimate of drug-likeness (QED) is 0.239. The van der Waals surface area contributed by atoms with Crippen molar-refractivity contribution < 1.29 is 23.9 Å². The zero-order valence-electron chi connectivity index (χ0n) is 16.8. The number of benzene rings is 2. The second-order valence-electron chi connectivity index (χ2n) is 8.40. The van der Waals surface area contributed by atoms with Gasteiger partial charge >= 0.3 is 5.97 Å². The predicted octanol–water partition coefficient (Wildman–Crippen LogP) is 4.01. The van der Waals surface area contributed by atoms with Gasteiger partial charge in [-0.2, -0.15) is 0 Å². The van der Waals surface area contributed by atoms with Crippen LogP contribution in [0.5, 0.6) is 0 Å². The molecule has 1 heterocycles. The Bertz CT molecular complexity index is 1090. The van der Waals surface area contributed by atoms with Crippen molar-refractivity contribution in [2.24, 2.45) is 23.7 Å². The maximum atomic E-state index is 13.3. The zero-order chi connectivity index (χ0) is 22.6. The van der Waals surface area contributed by atoms with E-state index >= 15 is 0 Å². The van der Waals surface area contributed by atoms with Gasteiger partial charge < -0.3 is 4.74 Å². The summed E-state index contributed by atoms with van der Waals surface area (Å²) < 4.78 is 5.24. The third-order valence-corrected chi connectivity index (χ3v) is 9.99. The number of fused-ring (bicyclic) bond motifs is 5. The largest absolute Gasteiger partial charge is 0.454 e. The van der Waals surface area contributed by atoms with E-state index in [2.05, 4.69) is 31.9 Å². The van der Waals surface area contributed by atoms with Crippen LogP contribution in [-0.2, 0) is 14.3 Å². The van der Waals surface area contributed by atoms with Gasteiger partial charge in [0.25, 0.3) is 0 Å². The van der Waals surface area contributed by atoms with Gasteiger partial charge in [-0.3, -0.25) is 14.4 Å². The molecule has 2 bridgehead atoms. The first-order valence-electron chi connectivity index (χ1n) is 10.4. The number of hydrogen-bond acceptors (Lipinski definition) is 5. The molecule has 0 spiro atoms. The van der Waals surface area contributed by atoms with Gasteiger partial charge in [0.1, 0.15) is 0 Å². The number of carbonyl (C=O) groups is 4. The summed E-state index contributed by atoms with van der Waals surface area (Å²) in [6.45, 7) is -0.426. The fraction of sp³-hybridized carbons (Fsp3) is 0.333. The molecule has 32 heavy (non-hydrogen) atoms. The number of alkyl halides is 2. The third-order valence-electron chi connectivity index (χ3n) is 6.78. The molecule has 2 aromatic rings. The van der Waals surface area contributed by atoms with Gasteiger partial charge in [-0.25, -0.2) is 9.69 Å². The third kappa shape index (κ3) is 3.27. The number of Topliss-reactive ketones (excluding diaryl/α,β-unsaturated/α-hetero) is 1. The summed E-state index contributed by atoms with van der Waals surface area (Å²) in [5, 5.41) is 0. The number of hydrogen-bond donors (Lipinski definition) is 0. The van der Waals surface area contributed by atoms with Crippen LogP contribution in [0.3, 0.4) is 0 Å². The highest BCUT2D eigenvalue weighted by Crippen LogP contribution is 2.60. The number of halogens is 2. The zero-order valence-corrected chi connectivity index (χ0v) is 20.0. The van der Waals surface area contributed by atoms with Crippen LogP contribution in [0.4, 0.5) is 5.69 Å². The molecule has 1 saturated heterocycles. The molecule has 0 unspecified atom stereocenters. The minimum Gasteiger partial charge on any atom is -0.454 e. The summed E-state index contributed by atoms with van der Waals surface area (Å²) in [6, 6.07) is 14.9. The number of esters is 1. The van der Waals surface area contributed by atoms with Crippen LogP contribution in [0.2, 0.25) is 0 Å². The molecule has 2 aliphatic carbocycles. The van der Waals surface area contributed by atoms with Crippen molar-refractivity contribution in [2.75, 3.05) is 11.5 Å². The Morgan fingerprint density at radius 2 is 1.44 bits per heavy atom. The van der Waals surface area contributed by atoms with E-state index in [1.54, 1.807) is 48.5 Å². The number of amides is 2. The van der Waals surface area contributed by atoms with Crippen molar-refractivity contribution in [2.45, 2.75) is 16.1 Å². The van der Waals surface area contributed by atoms with E-state index in [0.29, 0.717) is 5.56 Å². The standard InChI is InChI=1S/C24H19Br2NO5/c25-20-14-10-15(21(20)26)19-18(14)22(29)27(23(19)30)16-9-5-4-8-13(16)24(31)32-11-17(28)12-6-2-1-3-7-12/h1-9,14-15,18-21H,10-11H2/t14-,15-,18-,19-,20-,21+/m0/s1. The maximum Gasteiger partial charge on any atom is 0.340 e. The summed E-state index contributed by atoms with van der Waals surface area (Å²) in [6.07, 6.45) is 0.831. The van der Waals surface area contributed by atoms with Crippen molar-refractivity contribution >= 4 is 61.1 Å². The summed E-state index contributed by atoms with van der Waals surface area (Å²) >= 11 is 7.35. The summed E-state index contributed by atoms with van der Waals surface area (Å²) in [4.78, 5) is 53.2. The number of para-hydroxylation sites is 1. The molecule has 2 aromatic carbocycles. The molecule has 164 valence electrons. The number of nitrogens with zero attached hydrogens (tertiary/aromatic N) is 1. The first-order chi connectivity index (χ1) is 15.4. The van der Waals surface area contributed by atoms with Gasteiger partial charge in [-0.05, 0) is 30.4 Å². The molecule has 8 heteroatoms. The normalized spacial score (nSPS) is 30.5. The Labute approximate surface area is 201 Å². The van der Waals surface area contributed by atoms with E-state index in [1.165, 1.54) is 6.07 Å². The highest BCUT2D eigenvalue weighted by molar-refractivity contribution is 9.12. The minimum absolute atomic E-state index is 0.0819. The van der Waals surface area contributed by atoms with Crippen LogP contribution >= 0.6 is 31.9 Å². The van der Waals surface area contributed by atoms with E-state index in [9.17, 15) is 19.2 Å². The lowest BCUT2D eigenvalue weighted by Crippen LogP contribution is -2.37.